The summed E-state index contributed by atoms with van der Waals surface area (Å²) in [5, 5.41) is 2.31. The monoisotopic (exact) mass is 178 g/mol. The lowest BCUT2D eigenvalue weighted by Gasteiger charge is -2.01. The molecule has 67 valence electrons. The maximum absolute atomic E-state index is 11.0. The Kier molecular flexibility index (Phi) is 3.03. The number of benzene rings is 1. The van der Waals surface area contributed by atoms with Crippen molar-refractivity contribution in [3.05, 3.63) is 29.8 Å². The number of rotatable bonds is 3. The summed E-state index contributed by atoms with van der Waals surface area (Å²) < 4.78 is 4.50. The Bertz CT molecular complexity index is 322. The summed E-state index contributed by atoms with van der Waals surface area (Å²) in [4.78, 5) is 21.0. The number of carbonyl (C=O) groups excluding carboxylic acids is 2. The van der Waals surface area contributed by atoms with Crippen LogP contribution in [0.15, 0.2) is 24.3 Å². The van der Waals surface area contributed by atoms with Gasteiger partial charge in [0.1, 0.15) is 0 Å². The standard InChI is InChI=1S/C9H8NO3/c1-13-9(12)7-3-2-4-8(5-7)10-6-11/h2-5H,1H3,(H,10,11). The number of hydrogen-bond acceptors (Lipinski definition) is 3. The molecule has 0 saturated carbocycles. The minimum absolute atomic E-state index is 0.391. The Balaban J connectivity index is 2.90. The maximum Gasteiger partial charge on any atom is 0.337 e. The van der Waals surface area contributed by atoms with Gasteiger partial charge in [0.2, 0.25) is 0 Å². The molecule has 0 heterocycles. The minimum atomic E-state index is -0.436. The van der Waals surface area contributed by atoms with Crippen LogP contribution in [0.25, 0.3) is 0 Å². The van der Waals surface area contributed by atoms with Crippen LogP contribution in [-0.4, -0.2) is 19.5 Å². The molecule has 0 aliphatic heterocycles. The van der Waals surface area contributed by atoms with Crippen LogP contribution in [0, 0.1) is 0 Å². The van der Waals surface area contributed by atoms with E-state index < -0.39 is 5.97 Å². The van der Waals surface area contributed by atoms with E-state index in [0.29, 0.717) is 11.3 Å². The predicted octanol–water partition coefficient (Wildman–Crippen LogP) is 0.952. The Labute approximate surface area is 75.5 Å². The highest BCUT2D eigenvalue weighted by Crippen LogP contribution is 2.10. The molecule has 1 amide bonds. The van der Waals surface area contributed by atoms with Gasteiger partial charge < -0.3 is 10.1 Å². The zero-order chi connectivity index (χ0) is 9.68. The van der Waals surface area contributed by atoms with Crippen molar-refractivity contribution < 1.29 is 14.3 Å². The zero-order valence-corrected chi connectivity index (χ0v) is 7.03. The Morgan fingerprint density at radius 2 is 2.31 bits per heavy atom. The highest BCUT2D eigenvalue weighted by atomic mass is 16.5. The molecule has 0 aliphatic rings. The number of anilines is 1. The molecule has 1 N–H and O–H groups in total. The van der Waals surface area contributed by atoms with E-state index in [2.05, 4.69) is 10.1 Å². The fourth-order valence-electron chi connectivity index (χ4n) is 0.901. The second kappa shape index (κ2) is 4.25. The number of esters is 1. The maximum atomic E-state index is 11.0. The summed E-state index contributed by atoms with van der Waals surface area (Å²) in [7, 11) is 1.30. The molecule has 0 bridgehead atoms. The second-order valence-corrected chi connectivity index (χ2v) is 2.30. The molecule has 0 aromatic heterocycles. The number of hydrogen-bond donors (Lipinski definition) is 1. The fraction of sp³-hybridized carbons (Fsp3) is 0.111. The predicted molar refractivity (Wildman–Crippen MR) is 47.1 cm³/mol. The first-order chi connectivity index (χ1) is 6.27. The highest BCUT2D eigenvalue weighted by molar-refractivity contribution is 5.91. The van der Waals surface area contributed by atoms with Gasteiger partial charge in [0.25, 0.3) is 0 Å². The van der Waals surface area contributed by atoms with Crippen molar-refractivity contribution in [2.45, 2.75) is 0 Å². The number of carbonyl (C=O) groups is 1. The van der Waals surface area contributed by atoms with Crippen molar-refractivity contribution in [1.29, 1.82) is 0 Å². The van der Waals surface area contributed by atoms with E-state index in [0.717, 1.165) is 0 Å². The van der Waals surface area contributed by atoms with Crippen molar-refractivity contribution in [1.82, 2.24) is 0 Å². The Morgan fingerprint density at radius 3 is 2.92 bits per heavy atom. The number of amides is 1. The first-order valence-electron chi connectivity index (χ1n) is 3.59. The summed E-state index contributed by atoms with van der Waals surface area (Å²) in [6.45, 7) is 0. The van der Waals surface area contributed by atoms with E-state index in [1.165, 1.54) is 19.6 Å². The molecule has 4 nitrogen and oxygen atoms in total. The molecular weight excluding hydrogens is 170 g/mol. The van der Waals surface area contributed by atoms with Gasteiger partial charge in [0, 0.05) is 5.69 Å². The van der Waals surface area contributed by atoms with Crippen molar-refractivity contribution in [3.63, 3.8) is 0 Å². The summed E-state index contributed by atoms with van der Waals surface area (Å²) in [6, 6.07) is 6.40. The molecule has 0 unspecified atom stereocenters. The topological polar surface area (TPSA) is 55.4 Å². The Morgan fingerprint density at radius 1 is 1.54 bits per heavy atom. The van der Waals surface area contributed by atoms with Crippen molar-refractivity contribution >= 4 is 18.1 Å². The van der Waals surface area contributed by atoms with Gasteiger partial charge in [0.05, 0.1) is 12.7 Å². The molecule has 13 heavy (non-hydrogen) atoms. The zero-order valence-electron chi connectivity index (χ0n) is 7.03. The van der Waals surface area contributed by atoms with Crippen LogP contribution in [0.1, 0.15) is 10.4 Å². The average Bonchev–Trinajstić information content (AvgIpc) is 2.18. The van der Waals surface area contributed by atoms with Crippen LogP contribution in [-0.2, 0) is 9.53 Å². The molecule has 1 rings (SSSR count). The average molecular weight is 178 g/mol. The van der Waals surface area contributed by atoms with Gasteiger partial charge in [-0.1, -0.05) is 6.07 Å². The van der Waals surface area contributed by atoms with Gasteiger partial charge in [-0.3, -0.25) is 4.79 Å². The molecule has 0 saturated heterocycles. The lowest BCUT2D eigenvalue weighted by Crippen LogP contribution is -2.02. The van der Waals surface area contributed by atoms with Crippen LogP contribution in [0.5, 0.6) is 0 Å². The third-order valence-corrected chi connectivity index (χ3v) is 1.48. The third-order valence-electron chi connectivity index (χ3n) is 1.48. The largest absolute Gasteiger partial charge is 0.465 e. The van der Waals surface area contributed by atoms with Crippen molar-refractivity contribution in [3.8, 4) is 0 Å². The van der Waals surface area contributed by atoms with E-state index in [1.54, 1.807) is 18.2 Å². The van der Waals surface area contributed by atoms with Crippen LogP contribution < -0.4 is 5.32 Å². The first kappa shape index (κ1) is 9.25. The SMILES string of the molecule is COC(=O)c1cccc(N[C]=O)c1. The van der Waals surface area contributed by atoms with E-state index in [-0.39, 0.29) is 0 Å². The van der Waals surface area contributed by atoms with Crippen LogP contribution in [0.2, 0.25) is 0 Å². The van der Waals surface area contributed by atoms with Gasteiger partial charge in [-0.15, -0.1) is 0 Å². The van der Waals surface area contributed by atoms with Crippen molar-refractivity contribution in [2.24, 2.45) is 0 Å². The smallest absolute Gasteiger partial charge is 0.337 e. The summed E-state index contributed by atoms with van der Waals surface area (Å²) >= 11 is 0. The lowest BCUT2D eigenvalue weighted by molar-refractivity contribution is 0.0601. The highest BCUT2D eigenvalue weighted by Gasteiger charge is 2.04. The van der Waals surface area contributed by atoms with Crippen LogP contribution in [0.4, 0.5) is 5.69 Å². The Hall–Kier alpha value is -1.84. The number of methoxy groups -OCH3 is 1. The summed E-state index contributed by atoms with van der Waals surface area (Å²) in [5.74, 6) is -0.436. The van der Waals surface area contributed by atoms with Crippen LogP contribution in [0.3, 0.4) is 0 Å². The summed E-state index contributed by atoms with van der Waals surface area (Å²) in [5.41, 5.74) is 0.903. The molecule has 0 aliphatic carbocycles. The molecule has 1 aromatic rings. The molecule has 0 fully saturated rings. The third kappa shape index (κ3) is 2.30. The molecule has 1 radical (unpaired) electrons. The van der Waals surface area contributed by atoms with E-state index in [9.17, 15) is 9.59 Å². The van der Waals surface area contributed by atoms with Crippen molar-refractivity contribution in [2.75, 3.05) is 12.4 Å². The van der Waals surface area contributed by atoms with Gasteiger partial charge in [-0.25, -0.2) is 4.79 Å². The second-order valence-electron chi connectivity index (χ2n) is 2.30. The number of nitrogens with one attached hydrogen (secondary N) is 1. The number of ether oxygens (including phenoxy) is 1. The fourth-order valence-corrected chi connectivity index (χ4v) is 0.901. The first-order valence-corrected chi connectivity index (χ1v) is 3.59. The van der Waals surface area contributed by atoms with Gasteiger partial charge in [0.15, 0.2) is 0 Å². The van der Waals surface area contributed by atoms with E-state index >= 15 is 0 Å². The molecule has 4 heteroatoms. The molecular formula is C9H8NO3. The van der Waals surface area contributed by atoms with Crippen LogP contribution >= 0.6 is 0 Å². The van der Waals surface area contributed by atoms with E-state index in [1.807, 2.05) is 0 Å². The molecule has 0 atom stereocenters. The summed E-state index contributed by atoms with van der Waals surface area (Å²) in [6.07, 6.45) is 1.52. The quantitative estimate of drug-likeness (QED) is 0.553. The van der Waals surface area contributed by atoms with Gasteiger partial charge >= 0.3 is 12.4 Å². The molecule has 0 spiro atoms. The lowest BCUT2D eigenvalue weighted by atomic mass is 10.2. The van der Waals surface area contributed by atoms with Gasteiger partial charge in [-0.05, 0) is 18.2 Å². The minimum Gasteiger partial charge on any atom is -0.465 e. The van der Waals surface area contributed by atoms with E-state index in [4.69, 9.17) is 0 Å². The van der Waals surface area contributed by atoms with Gasteiger partial charge in [-0.2, -0.15) is 0 Å². The normalized spacial score (nSPS) is 9.00. The molecule has 1 aromatic carbocycles.